The van der Waals surface area contributed by atoms with Crippen molar-refractivity contribution < 1.29 is 14.4 Å². The predicted octanol–water partition coefficient (Wildman–Crippen LogP) is 2.23. The van der Waals surface area contributed by atoms with Crippen LogP contribution in [0, 0.1) is 11.3 Å². The Bertz CT molecular complexity index is 991. The third-order valence-corrected chi connectivity index (χ3v) is 4.79. The summed E-state index contributed by atoms with van der Waals surface area (Å²) in [7, 11) is 3.32. The van der Waals surface area contributed by atoms with Gasteiger partial charge in [-0.05, 0) is 42.3 Å². The Balaban J connectivity index is 1.85. The van der Waals surface area contributed by atoms with E-state index < -0.39 is 11.6 Å². The van der Waals surface area contributed by atoms with Crippen LogP contribution >= 0.6 is 0 Å². The van der Waals surface area contributed by atoms with Crippen molar-refractivity contribution >= 4 is 17.8 Å². The zero-order valence-corrected chi connectivity index (χ0v) is 15.9. The number of carbonyl (C=O) groups is 3. The van der Waals surface area contributed by atoms with Gasteiger partial charge in [-0.15, -0.1) is 0 Å². The maximum absolute atomic E-state index is 13.0. The zero-order chi connectivity index (χ0) is 20.5. The van der Waals surface area contributed by atoms with Crippen molar-refractivity contribution in [1.82, 2.24) is 15.1 Å². The molecule has 4 amide bonds. The van der Waals surface area contributed by atoms with Gasteiger partial charge in [0.2, 0.25) is 0 Å². The predicted molar refractivity (Wildman–Crippen MR) is 102 cm³/mol. The number of urea groups is 1. The van der Waals surface area contributed by atoms with Gasteiger partial charge in [0, 0.05) is 19.7 Å². The first-order chi connectivity index (χ1) is 13.3. The van der Waals surface area contributed by atoms with Crippen LogP contribution in [0.25, 0.3) is 0 Å². The number of nitriles is 1. The molecule has 0 aliphatic carbocycles. The molecule has 1 saturated heterocycles. The molecule has 7 heteroatoms. The monoisotopic (exact) mass is 376 g/mol. The molecule has 0 saturated carbocycles. The van der Waals surface area contributed by atoms with E-state index in [0.717, 1.165) is 4.90 Å². The number of hydrogen-bond donors (Lipinski definition) is 1. The Hall–Kier alpha value is -3.66. The van der Waals surface area contributed by atoms with Gasteiger partial charge in [-0.3, -0.25) is 14.5 Å². The largest absolute Gasteiger partial charge is 0.345 e. The topological polar surface area (TPSA) is 93.5 Å². The fourth-order valence-electron chi connectivity index (χ4n) is 3.16. The SMILES string of the molecule is CN(C)C(=O)c1cccc(CN2C(=O)NC(C)(c3ccc(C#N)cc3)C2=O)c1. The van der Waals surface area contributed by atoms with Crippen molar-refractivity contribution in [2.45, 2.75) is 19.0 Å². The average molecular weight is 376 g/mol. The number of carbonyl (C=O) groups excluding carboxylic acids is 3. The normalized spacial score (nSPS) is 18.6. The molecule has 2 aromatic carbocycles. The summed E-state index contributed by atoms with van der Waals surface area (Å²) < 4.78 is 0. The highest BCUT2D eigenvalue weighted by Gasteiger charge is 2.48. The minimum Gasteiger partial charge on any atom is -0.345 e. The number of nitrogens with zero attached hydrogens (tertiary/aromatic N) is 3. The van der Waals surface area contributed by atoms with Crippen LogP contribution in [-0.2, 0) is 16.9 Å². The van der Waals surface area contributed by atoms with E-state index in [1.807, 2.05) is 6.07 Å². The Morgan fingerprint density at radius 3 is 2.46 bits per heavy atom. The molecule has 1 fully saturated rings. The molecule has 0 radical (unpaired) electrons. The lowest BCUT2D eigenvalue weighted by Gasteiger charge is -2.22. The number of amides is 4. The minimum absolute atomic E-state index is 0.0606. The molecule has 1 atom stereocenters. The number of imide groups is 1. The molecule has 1 N–H and O–H groups in total. The zero-order valence-electron chi connectivity index (χ0n) is 15.9. The molecule has 1 aliphatic rings. The fourth-order valence-corrected chi connectivity index (χ4v) is 3.16. The third-order valence-electron chi connectivity index (χ3n) is 4.79. The van der Waals surface area contributed by atoms with Gasteiger partial charge in [-0.2, -0.15) is 5.26 Å². The molecule has 1 aliphatic heterocycles. The average Bonchev–Trinajstić information content (AvgIpc) is 2.91. The maximum Gasteiger partial charge on any atom is 0.325 e. The van der Waals surface area contributed by atoms with Gasteiger partial charge in [-0.1, -0.05) is 24.3 Å². The second kappa shape index (κ2) is 7.16. The van der Waals surface area contributed by atoms with Gasteiger partial charge < -0.3 is 10.2 Å². The lowest BCUT2D eigenvalue weighted by molar-refractivity contribution is -0.131. The second-order valence-corrected chi connectivity index (χ2v) is 7.04. The highest BCUT2D eigenvalue weighted by Crippen LogP contribution is 2.30. The summed E-state index contributed by atoms with van der Waals surface area (Å²) >= 11 is 0. The molecule has 7 nitrogen and oxygen atoms in total. The Labute approximate surface area is 163 Å². The first-order valence-corrected chi connectivity index (χ1v) is 8.71. The van der Waals surface area contributed by atoms with E-state index >= 15 is 0 Å². The Morgan fingerprint density at radius 1 is 1.18 bits per heavy atom. The highest BCUT2D eigenvalue weighted by atomic mass is 16.2. The summed E-state index contributed by atoms with van der Waals surface area (Å²) in [6.07, 6.45) is 0. The molecule has 0 spiro atoms. The number of rotatable bonds is 4. The standard InChI is InChI=1S/C21H20N4O3/c1-21(17-9-7-14(12-22)8-10-17)19(27)25(20(28)23-21)13-15-5-4-6-16(11-15)18(26)24(2)3/h4-11H,13H2,1-3H3,(H,23,28). The van der Waals surface area contributed by atoms with Crippen molar-refractivity contribution in [2.24, 2.45) is 0 Å². The lowest BCUT2D eigenvalue weighted by atomic mass is 9.91. The molecule has 3 rings (SSSR count). The van der Waals surface area contributed by atoms with Crippen LogP contribution in [0.5, 0.6) is 0 Å². The second-order valence-electron chi connectivity index (χ2n) is 7.04. The molecule has 0 bridgehead atoms. The summed E-state index contributed by atoms with van der Waals surface area (Å²) in [6.45, 7) is 1.70. The number of nitrogens with one attached hydrogen (secondary N) is 1. The van der Waals surface area contributed by atoms with Crippen molar-refractivity contribution in [3.8, 4) is 6.07 Å². The van der Waals surface area contributed by atoms with E-state index in [4.69, 9.17) is 5.26 Å². The molecular weight excluding hydrogens is 356 g/mol. The summed E-state index contributed by atoms with van der Waals surface area (Å²) in [4.78, 5) is 40.3. The molecule has 0 aromatic heterocycles. The van der Waals surface area contributed by atoms with Crippen molar-refractivity contribution in [1.29, 1.82) is 5.26 Å². The van der Waals surface area contributed by atoms with Crippen LogP contribution in [0.1, 0.15) is 34.0 Å². The van der Waals surface area contributed by atoms with Gasteiger partial charge in [0.05, 0.1) is 18.2 Å². The van der Waals surface area contributed by atoms with Crippen LogP contribution in [-0.4, -0.2) is 41.7 Å². The molecule has 2 aromatic rings. The Kier molecular flexibility index (Phi) is 4.89. The van der Waals surface area contributed by atoms with Crippen LogP contribution in [0.15, 0.2) is 48.5 Å². The quantitative estimate of drug-likeness (QED) is 0.828. The smallest absolute Gasteiger partial charge is 0.325 e. The lowest BCUT2D eigenvalue weighted by Crippen LogP contribution is -2.40. The van der Waals surface area contributed by atoms with E-state index in [9.17, 15) is 14.4 Å². The van der Waals surface area contributed by atoms with Crippen molar-refractivity contribution in [3.63, 3.8) is 0 Å². The van der Waals surface area contributed by atoms with Crippen LogP contribution < -0.4 is 5.32 Å². The first kappa shape index (κ1) is 19.1. The van der Waals surface area contributed by atoms with Gasteiger partial charge in [0.15, 0.2) is 0 Å². The molecule has 142 valence electrons. The van der Waals surface area contributed by atoms with E-state index in [2.05, 4.69) is 5.32 Å². The minimum atomic E-state index is -1.21. The van der Waals surface area contributed by atoms with Crippen molar-refractivity contribution in [2.75, 3.05) is 14.1 Å². The summed E-state index contributed by atoms with van der Waals surface area (Å²) in [5, 5.41) is 11.7. The van der Waals surface area contributed by atoms with Crippen LogP contribution in [0.2, 0.25) is 0 Å². The van der Waals surface area contributed by atoms with E-state index in [1.54, 1.807) is 69.6 Å². The van der Waals surface area contributed by atoms with Crippen molar-refractivity contribution in [3.05, 3.63) is 70.8 Å². The van der Waals surface area contributed by atoms with E-state index in [1.165, 1.54) is 4.90 Å². The molecule has 1 unspecified atom stereocenters. The summed E-state index contributed by atoms with van der Waals surface area (Å²) in [5.74, 6) is -0.534. The number of hydrogen-bond acceptors (Lipinski definition) is 4. The summed E-state index contributed by atoms with van der Waals surface area (Å²) in [5.41, 5.74) is 1.04. The van der Waals surface area contributed by atoms with E-state index in [0.29, 0.717) is 22.3 Å². The molecular formula is C21H20N4O3. The van der Waals surface area contributed by atoms with Crippen LogP contribution in [0.4, 0.5) is 4.79 Å². The van der Waals surface area contributed by atoms with E-state index in [-0.39, 0.29) is 18.4 Å². The van der Waals surface area contributed by atoms with Gasteiger partial charge >= 0.3 is 6.03 Å². The third kappa shape index (κ3) is 3.32. The fraction of sp³-hybridized carbons (Fsp3) is 0.238. The molecule has 1 heterocycles. The van der Waals surface area contributed by atoms with Gasteiger partial charge in [0.1, 0.15) is 5.54 Å². The maximum atomic E-state index is 13.0. The van der Waals surface area contributed by atoms with Gasteiger partial charge in [0.25, 0.3) is 11.8 Å². The highest BCUT2D eigenvalue weighted by molar-refractivity contribution is 6.07. The Morgan fingerprint density at radius 2 is 1.86 bits per heavy atom. The number of benzene rings is 2. The van der Waals surface area contributed by atoms with Gasteiger partial charge in [-0.25, -0.2) is 4.79 Å². The first-order valence-electron chi connectivity index (χ1n) is 8.71. The summed E-state index contributed by atoms with van der Waals surface area (Å²) in [6, 6.07) is 14.9. The van der Waals surface area contributed by atoms with Crippen LogP contribution in [0.3, 0.4) is 0 Å². The molecule has 28 heavy (non-hydrogen) atoms.